The van der Waals surface area contributed by atoms with Crippen LogP contribution in [0.15, 0.2) is 30.5 Å². The molecule has 0 saturated heterocycles. The predicted octanol–water partition coefficient (Wildman–Crippen LogP) is 4.80. The van der Waals surface area contributed by atoms with E-state index < -0.39 is 0 Å². The summed E-state index contributed by atoms with van der Waals surface area (Å²) in [6, 6.07) is 7.75. The average molecular weight is 390 g/mol. The molecule has 1 amide bonds. The molecule has 0 fully saturated rings. The molecule has 1 aromatic carbocycles. The minimum Gasteiger partial charge on any atom is -0.342 e. The van der Waals surface area contributed by atoms with Crippen LogP contribution < -0.4 is 0 Å². The molecule has 0 aliphatic carbocycles. The van der Waals surface area contributed by atoms with Gasteiger partial charge in [0.25, 0.3) is 5.91 Å². The number of aryl methyl sites for hydroxylation is 1. The fourth-order valence-electron chi connectivity index (χ4n) is 3.35. The Hall–Kier alpha value is -1.78. The fourth-order valence-corrected chi connectivity index (χ4v) is 3.47. The van der Waals surface area contributed by atoms with Crippen molar-refractivity contribution in [2.75, 3.05) is 34.2 Å². The van der Waals surface area contributed by atoms with Crippen molar-refractivity contribution >= 4 is 17.5 Å². The molecule has 148 valence electrons. The van der Waals surface area contributed by atoms with Crippen molar-refractivity contribution in [3.8, 4) is 11.1 Å². The predicted molar refractivity (Wildman–Crippen MR) is 115 cm³/mol. The molecule has 0 atom stereocenters. The number of carbonyl (C=O) groups is 1. The Morgan fingerprint density at radius 3 is 2.30 bits per heavy atom. The van der Waals surface area contributed by atoms with E-state index in [0.29, 0.717) is 10.9 Å². The SMILES string of the molecule is Cc1cn(CC(C)C)c(C(=O)N(C)CCCN(C)C)c1-c1ccc(Cl)cc1. The molecule has 0 bridgehead atoms. The van der Waals surface area contributed by atoms with E-state index in [2.05, 4.69) is 50.5 Å². The third-order valence-corrected chi connectivity index (χ3v) is 4.86. The summed E-state index contributed by atoms with van der Waals surface area (Å²) in [7, 11) is 6.00. The van der Waals surface area contributed by atoms with Gasteiger partial charge in [-0.2, -0.15) is 0 Å². The van der Waals surface area contributed by atoms with Crippen molar-refractivity contribution in [3.63, 3.8) is 0 Å². The Bertz CT molecular complexity index is 763. The second kappa shape index (κ2) is 9.43. The molecular weight excluding hydrogens is 358 g/mol. The zero-order chi connectivity index (χ0) is 20.1. The van der Waals surface area contributed by atoms with Crippen molar-refractivity contribution < 1.29 is 4.79 Å². The van der Waals surface area contributed by atoms with Crippen LogP contribution in [0.3, 0.4) is 0 Å². The minimum atomic E-state index is 0.0763. The second-order valence-electron chi connectivity index (χ2n) is 7.97. The van der Waals surface area contributed by atoms with E-state index in [-0.39, 0.29) is 5.91 Å². The molecular formula is C22H32ClN3O. The number of nitrogens with zero attached hydrogens (tertiary/aromatic N) is 3. The molecule has 0 unspecified atom stereocenters. The molecule has 4 nitrogen and oxygen atoms in total. The highest BCUT2D eigenvalue weighted by atomic mass is 35.5. The van der Waals surface area contributed by atoms with Gasteiger partial charge in [-0.25, -0.2) is 0 Å². The fraction of sp³-hybridized carbons (Fsp3) is 0.500. The summed E-state index contributed by atoms with van der Waals surface area (Å²) in [5.74, 6) is 0.535. The highest BCUT2D eigenvalue weighted by Gasteiger charge is 2.24. The van der Waals surface area contributed by atoms with Crippen molar-refractivity contribution in [1.82, 2.24) is 14.4 Å². The molecule has 2 aromatic rings. The molecule has 5 heteroatoms. The van der Waals surface area contributed by atoms with Crippen molar-refractivity contribution in [3.05, 3.63) is 46.7 Å². The number of amides is 1. The smallest absolute Gasteiger partial charge is 0.270 e. The molecule has 0 N–H and O–H groups in total. The van der Waals surface area contributed by atoms with Crippen LogP contribution in [-0.4, -0.2) is 54.5 Å². The number of hydrogen-bond acceptors (Lipinski definition) is 2. The van der Waals surface area contributed by atoms with E-state index >= 15 is 0 Å². The first-order valence-corrected chi connectivity index (χ1v) is 9.94. The molecule has 0 spiro atoms. The maximum absolute atomic E-state index is 13.4. The summed E-state index contributed by atoms with van der Waals surface area (Å²) in [5, 5.41) is 0.701. The van der Waals surface area contributed by atoms with Crippen LogP contribution in [0.1, 0.15) is 36.3 Å². The van der Waals surface area contributed by atoms with Gasteiger partial charge in [0.05, 0.1) is 0 Å². The van der Waals surface area contributed by atoms with Gasteiger partial charge in [-0.05, 0) is 63.2 Å². The van der Waals surface area contributed by atoms with Gasteiger partial charge < -0.3 is 14.4 Å². The van der Waals surface area contributed by atoms with Crippen molar-refractivity contribution in [1.29, 1.82) is 0 Å². The van der Waals surface area contributed by atoms with Crippen LogP contribution in [-0.2, 0) is 6.54 Å². The first kappa shape index (κ1) is 21.5. The standard InChI is InChI=1S/C22H32ClN3O/c1-16(2)14-26-15-17(3)20(18-8-10-19(23)11-9-18)21(26)22(27)25(6)13-7-12-24(4)5/h8-11,15-16H,7,12-14H2,1-6H3. The molecule has 27 heavy (non-hydrogen) atoms. The number of carbonyl (C=O) groups excluding carboxylic acids is 1. The lowest BCUT2D eigenvalue weighted by molar-refractivity contribution is 0.0780. The van der Waals surface area contributed by atoms with Gasteiger partial charge in [0.1, 0.15) is 5.69 Å². The van der Waals surface area contributed by atoms with Gasteiger partial charge in [-0.1, -0.05) is 37.6 Å². The van der Waals surface area contributed by atoms with E-state index in [9.17, 15) is 4.79 Å². The van der Waals surface area contributed by atoms with Crippen LogP contribution in [0.2, 0.25) is 5.02 Å². The highest BCUT2D eigenvalue weighted by Crippen LogP contribution is 2.31. The number of halogens is 1. The molecule has 0 radical (unpaired) electrons. The van der Waals surface area contributed by atoms with Gasteiger partial charge in [0, 0.05) is 36.9 Å². The van der Waals surface area contributed by atoms with E-state index in [1.165, 1.54) is 0 Å². The third kappa shape index (κ3) is 5.60. The summed E-state index contributed by atoms with van der Waals surface area (Å²) in [6.07, 6.45) is 3.06. The Morgan fingerprint density at radius 1 is 1.11 bits per heavy atom. The Balaban J connectivity index is 2.41. The van der Waals surface area contributed by atoms with Gasteiger partial charge >= 0.3 is 0 Å². The lowest BCUT2D eigenvalue weighted by Gasteiger charge is -2.21. The Morgan fingerprint density at radius 2 is 1.74 bits per heavy atom. The largest absolute Gasteiger partial charge is 0.342 e. The van der Waals surface area contributed by atoms with E-state index in [4.69, 9.17) is 11.6 Å². The van der Waals surface area contributed by atoms with Crippen LogP contribution in [0.4, 0.5) is 0 Å². The topological polar surface area (TPSA) is 28.5 Å². The van der Waals surface area contributed by atoms with E-state index in [1.54, 1.807) is 0 Å². The summed E-state index contributed by atoms with van der Waals surface area (Å²) < 4.78 is 2.12. The summed E-state index contributed by atoms with van der Waals surface area (Å²) in [4.78, 5) is 17.3. The quantitative estimate of drug-likeness (QED) is 0.648. The van der Waals surface area contributed by atoms with Gasteiger partial charge in [0.2, 0.25) is 0 Å². The monoisotopic (exact) mass is 389 g/mol. The molecule has 0 aliphatic rings. The molecule has 0 aliphatic heterocycles. The number of benzene rings is 1. The number of rotatable bonds is 8. The van der Waals surface area contributed by atoms with Gasteiger partial charge in [-0.15, -0.1) is 0 Å². The highest BCUT2D eigenvalue weighted by molar-refractivity contribution is 6.30. The third-order valence-electron chi connectivity index (χ3n) is 4.61. The van der Waals surface area contributed by atoms with Crippen molar-refractivity contribution in [2.24, 2.45) is 5.92 Å². The van der Waals surface area contributed by atoms with Gasteiger partial charge in [0.15, 0.2) is 0 Å². The normalized spacial score (nSPS) is 11.4. The number of hydrogen-bond donors (Lipinski definition) is 0. The Kier molecular flexibility index (Phi) is 7.51. The lowest BCUT2D eigenvalue weighted by atomic mass is 10.0. The molecule has 0 saturated carbocycles. The van der Waals surface area contributed by atoms with Crippen LogP contribution >= 0.6 is 11.6 Å². The maximum atomic E-state index is 13.4. The van der Waals surface area contributed by atoms with Gasteiger partial charge in [-0.3, -0.25) is 4.79 Å². The second-order valence-corrected chi connectivity index (χ2v) is 8.41. The summed E-state index contributed by atoms with van der Waals surface area (Å²) >= 11 is 6.06. The lowest BCUT2D eigenvalue weighted by Crippen LogP contribution is -2.32. The summed E-state index contributed by atoms with van der Waals surface area (Å²) in [6.45, 7) is 8.94. The Labute approximate surface area is 168 Å². The first-order chi connectivity index (χ1) is 12.7. The van der Waals surface area contributed by atoms with Crippen LogP contribution in [0.5, 0.6) is 0 Å². The first-order valence-electron chi connectivity index (χ1n) is 9.56. The van der Waals surface area contributed by atoms with E-state index in [0.717, 1.165) is 48.4 Å². The zero-order valence-corrected chi connectivity index (χ0v) is 18.2. The molecule has 1 heterocycles. The average Bonchev–Trinajstić information content (AvgIpc) is 2.89. The van der Waals surface area contributed by atoms with Crippen LogP contribution in [0, 0.1) is 12.8 Å². The zero-order valence-electron chi connectivity index (χ0n) is 17.4. The van der Waals surface area contributed by atoms with E-state index in [1.807, 2.05) is 36.2 Å². The molecule has 1 aromatic heterocycles. The molecule has 2 rings (SSSR count). The number of aromatic nitrogens is 1. The maximum Gasteiger partial charge on any atom is 0.270 e. The van der Waals surface area contributed by atoms with Crippen molar-refractivity contribution in [2.45, 2.75) is 33.7 Å². The van der Waals surface area contributed by atoms with Crippen LogP contribution in [0.25, 0.3) is 11.1 Å². The summed E-state index contributed by atoms with van der Waals surface area (Å²) in [5.41, 5.74) is 3.93. The minimum absolute atomic E-state index is 0.0763.